The molecule has 0 radical (unpaired) electrons. The van der Waals surface area contributed by atoms with Crippen LogP contribution >= 0.6 is 15.8 Å². The number of hydrogen-bond acceptors (Lipinski definition) is 0. The Labute approximate surface area is 246 Å². The molecule has 0 N–H and O–H groups in total. The summed E-state index contributed by atoms with van der Waals surface area (Å²) in [6, 6.07) is 61.2. The summed E-state index contributed by atoms with van der Waals surface area (Å²) in [5.41, 5.74) is 1.89. The van der Waals surface area contributed by atoms with Gasteiger partial charge in [0.05, 0.1) is 0 Å². The quantitative estimate of drug-likeness (QED) is 0.103. The summed E-state index contributed by atoms with van der Waals surface area (Å²) < 4.78 is 0. The molecule has 0 amide bonds. The van der Waals surface area contributed by atoms with Crippen LogP contribution in [0.1, 0.15) is 18.1 Å². The first kappa shape index (κ1) is 29.0. The standard InChI is InChI=1S/C31H27P2.C5H5.Fe/c1-25(32(26-15-6-2-7-16-26)27-17-8-3-9-18-27)30-23-14-24-31(30)33(28-19-10-4-11-20-28)29-21-12-5-13-22-29;1-2-4-5-3-1;/h2-25H,1H3;1-5H;/q2*-1;+2/t25-;;/m1../s1. The van der Waals surface area contributed by atoms with E-state index in [0.717, 1.165) is 0 Å². The minimum absolute atomic E-state index is 0. The van der Waals surface area contributed by atoms with Crippen LogP contribution in [0.3, 0.4) is 0 Å². The van der Waals surface area contributed by atoms with Gasteiger partial charge in [-0.05, 0) is 42.7 Å². The topological polar surface area (TPSA) is 0 Å². The molecule has 0 bridgehead atoms. The molecule has 194 valence electrons. The fraction of sp³-hybridized carbons (Fsp3) is 0.0556. The average Bonchev–Trinajstić information content (AvgIpc) is 3.72. The SMILES string of the molecule is C[C@H]([c-]1cccc1P(c1ccccc1)c1ccccc1)P(c1ccccc1)c1ccccc1.[Fe+2].c1cc[cH-]c1. The summed E-state index contributed by atoms with van der Waals surface area (Å²) in [4.78, 5) is 0. The van der Waals surface area contributed by atoms with Crippen molar-refractivity contribution < 1.29 is 17.1 Å². The van der Waals surface area contributed by atoms with Crippen LogP contribution in [0.2, 0.25) is 0 Å². The van der Waals surface area contributed by atoms with Crippen LogP contribution in [-0.4, -0.2) is 0 Å². The van der Waals surface area contributed by atoms with E-state index in [4.69, 9.17) is 0 Å². The van der Waals surface area contributed by atoms with Gasteiger partial charge in [-0.3, -0.25) is 0 Å². The van der Waals surface area contributed by atoms with E-state index in [0.29, 0.717) is 5.66 Å². The van der Waals surface area contributed by atoms with Crippen LogP contribution in [0, 0.1) is 0 Å². The fourth-order valence-corrected chi connectivity index (χ4v) is 10.1. The molecule has 6 aromatic carbocycles. The zero-order chi connectivity index (χ0) is 26.0. The minimum Gasteiger partial charge on any atom is -0.214 e. The van der Waals surface area contributed by atoms with E-state index in [1.54, 1.807) is 0 Å². The summed E-state index contributed by atoms with van der Waals surface area (Å²) >= 11 is 0. The van der Waals surface area contributed by atoms with Gasteiger partial charge in [0.1, 0.15) is 0 Å². The maximum absolute atomic E-state index is 2.42. The van der Waals surface area contributed by atoms with Crippen molar-refractivity contribution in [2.45, 2.75) is 12.6 Å². The molecule has 0 aliphatic rings. The summed E-state index contributed by atoms with van der Waals surface area (Å²) in [7, 11) is -1.15. The second-order valence-corrected chi connectivity index (χ2v) is 13.8. The van der Waals surface area contributed by atoms with Crippen LogP contribution in [0.5, 0.6) is 0 Å². The van der Waals surface area contributed by atoms with E-state index in [-0.39, 0.29) is 17.1 Å². The van der Waals surface area contributed by atoms with Gasteiger partial charge in [0.2, 0.25) is 0 Å². The third kappa shape index (κ3) is 7.33. The molecule has 0 unspecified atom stereocenters. The van der Waals surface area contributed by atoms with E-state index in [2.05, 4.69) is 146 Å². The van der Waals surface area contributed by atoms with Crippen molar-refractivity contribution in [2.75, 3.05) is 0 Å². The van der Waals surface area contributed by atoms with Crippen LogP contribution in [0.4, 0.5) is 0 Å². The number of hydrogen-bond donors (Lipinski definition) is 0. The van der Waals surface area contributed by atoms with Crippen LogP contribution in [0.25, 0.3) is 0 Å². The first-order valence-electron chi connectivity index (χ1n) is 13.0. The summed E-state index contributed by atoms with van der Waals surface area (Å²) in [6.07, 6.45) is 0. The van der Waals surface area contributed by atoms with E-state index in [9.17, 15) is 0 Å². The Balaban J connectivity index is 0.000000530. The van der Waals surface area contributed by atoms with Gasteiger partial charge in [-0.15, -0.1) is 10.9 Å². The van der Waals surface area contributed by atoms with Crippen molar-refractivity contribution in [1.29, 1.82) is 0 Å². The van der Waals surface area contributed by atoms with Crippen LogP contribution in [-0.2, 0) is 17.1 Å². The van der Waals surface area contributed by atoms with E-state index in [1.165, 1.54) is 32.1 Å². The average molecular weight is 582 g/mol. The van der Waals surface area contributed by atoms with Gasteiger partial charge >= 0.3 is 17.1 Å². The Morgan fingerprint density at radius 3 is 1.31 bits per heavy atom. The van der Waals surface area contributed by atoms with Gasteiger partial charge in [-0.25, -0.2) is 24.3 Å². The molecule has 0 saturated carbocycles. The minimum atomic E-state index is -0.614. The normalized spacial score (nSPS) is 11.4. The molecule has 0 aliphatic heterocycles. The van der Waals surface area contributed by atoms with Gasteiger partial charge in [-0.1, -0.05) is 128 Å². The predicted octanol–water partition coefficient (Wildman–Crippen LogP) is 7.76. The van der Waals surface area contributed by atoms with Crippen molar-refractivity contribution in [1.82, 2.24) is 0 Å². The van der Waals surface area contributed by atoms with Crippen molar-refractivity contribution in [3.8, 4) is 0 Å². The van der Waals surface area contributed by atoms with Gasteiger partial charge in [0.25, 0.3) is 0 Å². The summed E-state index contributed by atoms with van der Waals surface area (Å²) in [5, 5.41) is 7.16. The Kier molecular flexibility index (Phi) is 11.1. The molecule has 0 nitrogen and oxygen atoms in total. The third-order valence-electron chi connectivity index (χ3n) is 6.56. The van der Waals surface area contributed by atoms with Gasteiger partial charge in [-0.2, -0.15) is 24.3 Å². The first-order valence-corrected chi connectivity index (χ1v) is 15.8. The van der Waals surface area contributed by atoms with E-state index < -0.39 is 15.8 Å². The third-order valence-corrected chi connectivity index (χ3v) is 11.8. The van der Waals surface area contributed by atoms with Gasteiger partial charge in [0, 0.05) is 0 Å². The second-order valence-electron chi connectivity index (χ2n) is 9.05. The Morgan fingerprint density at radius 1 is 0.513 bits per heavy atom. The smallest absolute Gasteiger partial charge is 0.214 e. The van der Waals surface area contributed by atoms with E-state index >= 15 is 0 Å². The van der Waals surface area contributed by atoms with Crippen molar-refractivity contribution in [3.05, 3.63) is 175 Å². The molecule has 0 heterocycles. The molecule has 1 atom stereocenters. The first-order chi connectivity index (χ1) is 18.8. The molecule has 0 aliphatic carbocycles. The molecule has 39 heavy (non-hydrogen) atoms. The molecule has 3 heteroatoms. The zero-order valence-electron chi connectivity index (χ0n) is 22.0. The molecule has 6 aromatic rings. The van der Waals surface area contributed by atoms with E-state index in [1.807, 2.05) is 30.3 Å². The van der Waals surface area contributed by atoms with Crippen LogP contribution in [0.15, 0.2) is 170 Å². The summed E-state index contributed by atoms with van der Waals surface area (Å²) in [6.45, 7) is 2.42. The Morgan fingerprint density at radius 2 is 0.923 bits per heavy atom. The molecular formula is C36H32FeP2. The largest absolute Gasteiger partial charge is 2.00 e. The van der Waals surface area contributed by atoms with Crippen molar-refractivity contribution in [3.63, 3.8) is 0 Å². The maximum atomic E-state index is 2.42. The van der Waals surface area contributed by atoms with Crippen LogP contribution < -0.4 is 26.5 Å². The van der Waals surface area contributed by atoms with Gasteiger partial charge in [0.15, 0.2) is 0 Å². The molecule has 6 rings (SSSR count). The second kappa shape index (κ2) is 14.9. The summed E-state index contributed by atoms with van der Waals surface area (Å²) in [5.74, 6) is 0. The van der Waals surface area contributed by atoms with Crippen molar-refractivity contribution >= 4 is 42.4 Å². The molecule has 0 spiro atoms. The Bertz CT molecular complexity index is 1360. The number of benzene rings is 4. The predicted molar refractivity (Wildman–Crippen MR) is 170 cm³/mol. The maximum Gasteiger partial charge on any atom is 2.00 e. The molecule has 0 fully saturated rings. The van der Waals surface area contributed by atoms with Gasteiger partial charge < -0.3 is 0 Å². The number of rotatable bonds is 7. The zero-order valence-corrected chi connectivity index (χ0v) is 24.9. The molecule has 0 aromatic heterocycles. The fourth-order valence-electron chi connectivity index (χ4n) is 4.80. The molecular weight excluding hydrogens is 550 g/mol. The Hall–Kier alpha value is -3.04. The van der Waals surface area contributed by atoms with Crippen molar-refractivity contribution in [2.24, 2.45) is 0 Å². The monoisotopic (exact) mass is 582 g/mol. The molecule has 0 saturated heterocycles.